The third kappa shape index (κ3) is 9.26. The van der Waals surface area contributed by atoms with Crippen LogP contribution in [0.2, 0.25) is 20.1 Å². The first kappa shape index (κ1) is 44.0. The summed E-state index contributed by atoms with van der Waals surface area (Å²) >= 11 is 23.9. The molecule has 0 fully saturated rings. The number of carbonyl (C=O) groups excluding carboxylic acids is 4. The Morgan fingerprint density at radius 1 is 0.655 bits per heavy atom. The highest BCUT2D eigenvalue weighted by molar-refractivity contribution is 6.42. The topological polar surface area (TPSA) is 143 Å². The van der Waals surface area contributed by atoms with Gasteiger partial charge in [-0.2, -0.15) is 0 Å². The number of benzene rings is 4. The predicted molar refractivity (Wildman–Crippen MR) is 223 cm³/mol. The smallest absolute Gasteiger partial charge is 0.262 e. The van der Waals surface area contributed by atoms with Crippen LogP contribution in [0.25, 0.3) is 21.8 Å². The molecule has 6 rings (SSSR count). The van der Waals surface area contributed by atoms with Crippen molar-refractivity contribution in [2.24, 2.45) is 0 Å². The van der Waals surface area contributed by atoms with E-state index in [1.54, 1.807) is 13.8 Å². The first-order valence-corrected chi connectivity index (χ1v) is 19.5. The second-order valence-electron chi connectivity index (χ2n) is 13.7. The van der Waals surface area contributed by atoms with Gasteiger partial charge in [-0.1, -0.05) is 53.3 Å². The summed E-state index contributed by atoms with van der Waals surface area (Å²) in [5.41, 5.74) is 3.04. The monoisotopic (exact) mass is 872 g/mol. The van der Waals surface area contributed by atoms with Crippen molar-refractivity contribution in [3.05, 3.63) is 126 Å². The molecule has 6 aromatic rings. The maximum atomic E-state index is 14.1. The minimum Gasteiger partial charge on any atom is -0.505 e. The number of aromatic nitrogens is 2. The molecule has 0 bridgehead atoms. The van der Waals surface area contributed by atoms with Crippen LogP contribution in [0.1, 0.15) is 70.4 Å². The molecule has 4 N–H and O–H groups in total. The lowest BCUT2D eigenvalue weighted by atomic mass is 10.1. The highest BCUT2D eigenvalue weighted by Gasteiger charge is 2.25. The molecule has 10 nitrogen and oxygen atoms in total. The Hall–Kier alpha value is -5.14. The minimum atomic E-state index is -0.864. The number of carbonyl (C=O) groups is 4. The Bertz CT molecular complexity index is 2620. The molecular weight excluding hydrogens is 836 g/mol. The van der Waals surface area contributed by atoms with Gasteiger partial charge >= 0.3 is 0 Å². The molecule has 0 radical (unpaired) electrons. The summed E-state index contributed by atoms with van der Waals surface area (Å²) in [5.74, 6) is -4.19. The van der Waals surface area contributed by atoms with E-state index in [1.807, 2.05) is 20.8 Å². The zero-order chi connectivity index (χ0) is 42.7. The van der Waals surface area contributed by atoms with E-state index in [2.05, 4.69) is 10.6 Å². The zero-order valence-electron chi connectivity index (χ0n) is 31.9. The van der Waals surface area contributed by atoms with E-state index in [4.69, 9.17) is 46.4 Å². The van der Waals surface area contributed by atoms with Crippen LogP contribution in [0.3, 0.4) is 0 Å². The van der Waals surface area contributed by atoms with Crippen molar-refractivity contribution >= 4 is 91.8 Å². The van der Waals surface area contributed by atoms with Crippen molar-refractivity contribution < 1.29 is 38.2 Å². The van der Waals surface area contributed by atoms with Gasteiger partial charge in [-0.25, -0.2) is 8.78 Å². The molecular formula is C42H38Cl4F2N4O6. The van der Waals surface area contributed by atoms with Crippen molar-refractivity contribution in [2.45, 2.75) is 59.9 Å². The lowest BCUT2D eigenvalue weighted by Crippen LogP contribution is -2.31. The van der Waals surface area contributed by atoms with E-state index in [0.717, 1.165) is 18.6 Å². The number of rotatable bonds is 9. The molecule has 0 aliphatic heterocycles. The standard InChI is InChI=1S/2C21H19Cl2FN2O3/c1-10(2)25-20(28)8-13-11(3)26(18-9-17(24)19(27)7-14(13)18)21(29)12-4-5-15(22)16(23)6-12;1-3-6-25-20(28)9-13-11(2)26(18-10-17(24)19(27)8-14(13)18)21(29)12-4-5-15(22)16(23)7-12/h4-7,9-10,27H,8H2,1-3H3,(H,25,28);4-5,7-8,10,27H,3,6,9H2,1-2H3,(H,25,28). The van der Waals surface area contributed by atoms with E-state index in [1.165, 1.54) is 57.7 Å². The van der Waals surface area contributed by atoms with E-state index < -0.39 is 34.9 Å². The Labute approximate surface area is 352 Å². The quantitative estimate of drug-likeness (QED) is 0.114. The SMILES string of the molecule is CCCNC(=O)Cc1c(C)n(C(=O)c2ccc(Cl)c(Cl)c2)c2cc(F)c(O)cc12.Cc1c(CC(=O)NC(C)C)c2cc(O)c(F)cc2n1C(=O)c1ccc(Cl)c(Cl)c1. The fraction of sp³-hybridized carbons (Fsp3) is 0.238. The molecule has 4 aromatic carbocycles. The summed E-state index contributed by atoms with van der Waals surface area (Å²) in [6.45, 7) is 9.48. The van der Waals surface area contributed by atoms with Gasteiger partial charge in [0.2, 0.25) is 11.8 Å². The van der Waals surface area contributed by atoms with Crippen LogP contribution >= 0.6 is 46.4 Å². The molecule has 0 saturated carbocycles. The van der Waals surface area contributed by atoms with Crippen LogP contribution in [0.5, 0.6) is 11.5 Å². The van der Waals surface area contributed by atoms with Crippen LogP contribution < -0.4 is 10.6 Å². The summed E-state index contributed by atoms with van der Waals surface area (Å²) in [4.78, 5) is 51.0. The number of hydrogen-bond donors (Lipinski definition) is 4. The van der Waals surface area contributed by atoms with Crippen LogP contribution in [0.15, 0.2) is 60.7 Å². The van der Waals surface area contributed by atoms with Crippen molar-refractivity contribution in [1.82, 2.24) is 19.8 Å². The molecule has 0 aliphatic carbocycles. The number of nitrogens with one attached hydrogen (secondary N) is 2. The molecule has 16 heteroatoms. The average Bonchev–Trinajstić information content (AvgIpc) is 3.56. The minimum absolute atomic E-state index is 0.00490. The van der Waals surface area contributed by atoms with Gasteiger partial charge in [-0.05, 0) is 93.8 Å². The molecule has 2 aromatic heterocycles. The first-order chi connectivity index (χ1) is 27.3. The summed E-state index contributed by atoms with van der Waals surface area (Å²) < 4.78 is 30.8. The number of phenols is 2. The predicted octanol–water partition coefficient (Wildman–Crippen LogP) is 9.72. The molecule has 2 heterocycles. The lowest BCUT2D eigenvalue weighted by Gasteiger charge is -2.10. The summed E-state index contributed by atoms with van der Waals surface area (Å²) in [6.07, 6.45) is 0.761. The zero-order valence-corrected chi connectivity index (χ0v) is 34.9. The van der Waals surface area contributed by atoms with Crippen molar-refractivity contribution in [3.63, 3.8) is 0 Å². The lowest BCUT2D eigenvalue weighted by molar-refractivity contribution is -0.121. The van der Waals surface area contributed by atoms with Crippen LogP contribution in [0, 0.1) is 25.5 Å². The Balaban J connectivity index is 0.000000221. The average molecular weight is 875 g/mol. The fourth-order valence-corrected chi connectivity index (χ4v) is 7.08. The van der Waals surface area contributed by atoms with Gasteiger partial charge in [0, 0.05) is 58.0 Å². The maximum Gasteiger partial charge on any atom is 0.262 e. The largest absolute Gasteiger partial charge is 0.505 e. The normalized spacial score (nSPS) is 11.2. The second kappa shape index (κ2) is 18.2. The Morgan fingerprint density at radius 3 is 1.45 bits per heavy atom. The molecule has 0 atom stereocenters. The Morgan fingerprint density at radius 2 is 1.07 bits per heavy atom. The molecule has 0 unspecified atom stereocenters. The molecule has 2 amide bonds. The maximum absolute atomic E-state index is 14.1. The van der Waals surface area contributed by atoms with E-state index in [9.17, 15) is 38.2 Å². The van der Waals surface area contributed by atoms with Crippen LogP contribution in [0.4, 0.5) is 8.78 Å². The number of nitrogens with zero attached hydrogens (tertiary/aromatic N) is 2. The summed E-state index contributed by atoms with van der Waals surface area (Å²) in [5, 5.41) is 27.2. The van der Waals surface area contributed by atoms with Crippen LogP contribution in [-0.2, 0) is 22.4 Å². The second-order valence-corrected chi connectivity index (χ2v) is 15.4. The van der Waals surface area contributed by atoms with Crippen LogP contribution in [-0.4, -0.2) is 55.6 Å². The molecule has 304 valence electrons. The number of hydrogen-bond acceptors (Lipinski definition) is 6. The van der Waals surface area contributed by atoms with Gasteiger partial charge in [-0.15, -0.1) is 0 Å². The summed E-state index contributed by atoms with van der Waals surface area (Å²) in [7, 11) is 0. The third-order valence-electron chi connectivity index (χ3n) is 9.24. The van der Waals surface area contributed by atoms with Gasteiger partial charge in [0.1, 0.15) is 0 Å². The highest BCUT2D eigenvalue weighted by atomic mass is 35.5. The molecule has 58 heavy (non-hydrogen) atoms. The van der Waals surface area contributed by atoms with Gasteiger partial charge in [0.05, 0.1) is 44.0 Å². The van der Waals surface area contributed by atoms with Gasteiger partial charge < -0.3 is 20.8 Å². The van der Waals surface area contributed by atoms with E-state index in [-0.39, 0.29) is 62.9 Å². The molecule has 0 saturated heterocycles. The van der Waals surface area contributed by atoms with Crippen molar-refractivity contribution in [3.8, 4) is 11.5 Å². The van der Waals surface area contributed by atoms with Crippen molar-refractivity contribution in [2.75, 3.05) is 6.54 Å². The highest BCUT2D eigenvalue weighted by Crippen LogP contribution is 2.35. The van der Waals surface area contributed by atoms with E-state index in [0.29, 0.717) is 49.9 Å². The Kier molecular flexibility index (Phi) is 13.8. The first-order valence-electron chi connectivity index (χ1n) is 17.9. The summed E-state index contributed by atoms with van der Waals surface area (Å²) in [6, 6.07) is 13.5. The van der Waals surface area contributed by atoms with Gasteiger partial charge in [-0.3, -0.25) is 28.3 Å². The molecule has 0 spiro atoms. The number of aromatic hydroxyl groups is 2. The van der Waals surface area contributed by atoms with Crippen molar-refractivity contribution in [1.29, 1.82) is 0 Å². The van der Waals surface area contributed by atoms with Gasteiger partial charge in [0.15, 0.2) is 23.1 Å². The number of amides is 2. The number of phenolic OH excluding ortho intramolecular Hbond substituents is 2. The van der Waals surface area contributed by atoms with E-state index >= 15 is 0 Å². The molecule has 0 aliphatic rings. The fourth-order valence-electron chi connectivity index (χ4n) is 6.48. The third-order valence-corrected chi connectivity index (χ3v) is 10.7. The number of fused-ring (bicyclic) bond motifs is 2. The van der Waals surface area contributed by atoms with Gasteiger partial charge in [0.25, 0.3) is 11.8 Å². The number of halogens is 6.